The maximum Gasteiger partial charge on any atom is 0.245 e. The molecule has 0 saturated carbocycles. The van der Waals surface area contributed by atoms with E-state index in [1.165, 1.54) is 17.2 Å². The molecule has 174 valence electrons. The van der Waals surface area contributed by atoms with E-state index in [0.717, 1.165) is 18.4 Å². The van der Waals surface area contributed by atoms with E-state index in [1.807, 2.05) is 32.0 Å². The Bertz CT molecular complexity index is 890. The molecule has 0 radical (unpaired) electrons. The highest BCUT2D eigenvalue weighted by molar-refractivity contribution is 5.99. The van der Waals surface area contributed by atoms with E-state index in [2.05, 4.69) is 16.7 Å². The van der Waals surface area contributed by atoms with Crippen molar-refractivity contribution in [1.82, 2.24) is 10.6 Å². The molecule has 2 aliphatic rings. The Hall–Kier alpha value is -2.55. The van der Waals surface area contributed by atoms with Gasteiger partial charge in [0.15, 0.2) is 11.4 Å². The number of allylic oxidation sites excluding steroid dienone is 1. The van der Waals surface area contributed by atoms with Gasteiger partial charge in [0.25, 0.3) is 0 Å². The number of aliphatic hydroxyl groups excluding tert-OH is 2. The van der Waals surface area contributed by atoms with Crippen LogP contribution in [-0.2, 0) is 32.0 Å². The van der Waals surface area contributed by atoms with Crippen LogP contribution in [0, 0.1) is 5.92 Å². The second kappa shape index (κ2) is 10.4. The fraction of sp³-hybridized carbons (Fsp3) is 0.542. The zero-order valence-electron chi connectivity index (χ0n) is 18.6. The highest BCUT2D eigenvalue weighted by atomic mass is 16.6. The summed E-state index contributed by atoms with van der Waals surface area (Å²) in [6.07, 6.45) is 4.13. The minimum absolute atomic E-state index is 0.0971. The normalized spacial score (nSPS) is 22.7. The third-order valence-electron chi connectivity index (χ3n) is 5.94. The maximum absolute atomic E-state index is 12.8. The van der Waals surface area contributed by atoms with E-state index in [-0.39, 0.29) is 12.5 Å². The van der Waals surface area contributed by atoms with Crippen LogP contribution >= 0.6 is 0 Å². The molecule has 8 nitrogen and oxygen atoms in total. The Labute approximate surface area is 188 Å². The van der Waals surface area contributed by atoms with Crippen molar-refractivity contribution in [2.24, 2.45) is 5.92 Å². The lowest BCUT2D eigenvalue weighted by molar-refractivity contribution is -0.134. The molecule has 1 fully saturated rings. The Morgan fingerprint density at radius 1 is 1.09 bits per heavy atom. The summed E-state index contributed by atoms with van der Waals surface area (Å²) in [5.41, 5.74) is 2.16. The van der Waals surface area contributed by atoms with Gasteiger partial charge in [-0.25, -0.2) is 0 Å². The van der Waals surface area contributed by atoms with Crippen LogP contribution < -0.4 is 10.6 Å². The largest absolute Gasteiger partial charge is 0.394 e. The second-order valence-electron chi connectivity index (χ2n) is 8.99. The van der Waals surface area contributed by atoms with Gasteiger partial charge in [-0.15, -0.1) is 0 Å². The van der Waals surface area contributed by atoms with Crippen molar-refractivity contribution in [3.05, 3.63) is 47.0 Å². The molecule has 1 aromatic carbocycles. The third kappa shape index (κ3) is 5.82. The molecular weight excluding hydrogens is 412 g/mol. The number of rotatable bonds is 10. The number of hydrogen-bond acceptors (Lipinski definition) is 6. The van der Waals surface area contributed by atoms with Gasteiger partial charge in [-0.3, -0.25) is 14.4 Å². The number of amides is 2. The van der Waals surface area contributed by atoms with Crippen molar-refractivity contribution >= 4 is 17.6 Å². The van der Waals surface area contributed by atoms with Crippen LogP contribution in [0.5, 0.6) is 0 Å². The van der Waals surface area contributed by atoms with Gasteiger partial charge in [0, 0.05) is 6.08 Å². The van der Waals surface area contributed by atoms with Gasteiger partial charge in [0.1, 0.15) is 6.04 Å². The molecule has 2 amide bonds. The molecule has 0 unspecified atom stereocenters. The summed E-state index contributed by atoms with van der Waals surface area (Å²) in [7, 11) is 0. The van der Waals surface area contributed by atoms with E-state index >= 15 is 0 Å². The first-order valence-corrected chi connectivity index (χ1v) is 11.0. The van der Waals surface area contributed by atoms with Crippen LogP contribution in [-0.4, -0.2) is 65.3 Å². The summed E-state index contributed by atoms with van der Waals surface area (Å²) in [4.78, 5) is 38.0. The number of aliphatic hydroxyl groups is 2. The number of fused-ring (bicyclic) bond motifs is 1. The molecule has 8 heteroatoms. The zero-order chi connectivity index (χ0) is 23.3. The molecule has 4 N–H and O–H groups in total. The van der Waals surface area contributed by atoms with Gasteiger partial charge in [0.05, 0.1) is 25.9 Å². The lowest BCUT2D eigenvalue weighted by atomic mass is 9.88. The molecule has 1 saturated heterocycles. The van der Waals surface area contributed by atoms with Crippen LogP contribution in [0.4, 0.5) is 0 Å². The van der Waals surface area contributed by atoms with Crippen LogP contribution in [0.25, 0.3) is 0 Å². The quantitative estimate of drug-likeness (QED) is 0.306. The van der Waals surface area contributed by atoms with Crippen LogP contribution in [0.1, 0.15) is 37.8 Å². The summed E-state index contributed by atoms with van der Waals surface area (Å²) in [5.74, 6) is -1.41. The van der Waals surface area contributed by atoms with Gasteiger partial charge in [0.2, 0.25) is 11.8 Å². The number of carbonyl (C=O) groups is 3. The summed E-state index contributed by atoms with van der Waals surface area (Å²) < 4.78 is 5.13. The lowest BCUT2D eigenvalue weighted by Crippen LogP contribution is -2.55. The van der Waals surface area contributed by atoms with E-state index in [4.69, 9.17) is 4.74 Å². The second-order valence-corrected chi connectivity index (χ2v) is 8.99. The van der Waals surface area contributed by atoms with E-state index < -0.39 is 48.5 Å². The number of hydrogen-bond donors (Lipinski definition) is 4. The molecular formula is C24H32N2O6. The summed E-state index contributed by atoms with van der Waals surface area (Å²) in [5, 5.41) is 24.3. The van der Waals surface area contributed by atoms with Gasteiger partial charge >= 0.3 is 0 Å². The fourth-order valence-electron chi connectivity index (χ4n) is 4.01. The van der Waals surface area contributed by atoms with Crippen LogP contribution in [0.2, 0.25) is 0 Å². The molecule has 32 heavy (non-hydrogen) atoms. The Morgan fingerprint density at radius 2 is 1.78 bits per heavy atom. The van der Waals surface area contributed by atoms with Gasteiger partial charge in [-0.1, -0.05) is 43.7 Å². The lowest BCUT2D eigenvalue weighted by Gasteiger charge is -2.24. The van der Waals surface area contributed by atoms with E-state index in [9.17, 15) is 24.6 Å². The number of Topliss-reactive ketones (excluding diaryl/α,β-unsaturated/α-hetero) is 1. The van der Waals surface area contributed by atoms with Crippen LogP contribution in [0.3, 0.4) is 0 Å². The number of ketones is 1. The highest BCUT2D eigenvalue weighted by Gasteiger charge is 2.54. The topological polar surface area (TPSA) is 128 Å². The number of carbonyl (C=O) groups excluding carboxylic acids is 3. The fourth-order valence-corrected chi connectivity index (χ4v) is 4.01. The molecule has 1 heterocycles. The highest BCUT2D eigenvalue weighted by Crippen LogP contribution is 2.30. The number of benzene rings is 1. The molecule has 0 spiro atoms. The van der Waals surface area contributed by atoms with Crippen molar-refractivity contribution in [2.75, 3.05) is 19.8 Å². The average Bonchev–Trinajstić information content (AvgIpc) is 3.57. The minimum Gasteiger partial charge on any atom is -0.394 e. The number of ether oxygens (including phenoxy) is 1. The third-order valence-corrected chi connectivity index (χ3v) is 5.94. The number of epoxide rings is 1. The van der Waals surface area contributed by atoms with Crippen molar-refractivity contribution in [2.45, 2.75) is 57.2 Å². The molecule has 0 bridgehead atoms. The minimum atomic E-state index is -1.26. The Balaban J connectivity index is 1.62. The molecule has 1 aromatic rings. The predicted molar refractivity (Wildman–Crippen MR) is 118 cm³/mol. The van der Waals surface area contributed by atoms with E-state index in [1.54, 1.807) is 0 Å². The summed E-state index contributed by atoms with van der Waals surface area (Å²) >= 11 is 0. The smallest absolute Gasteiger partial charge is 0.245 e. The Kier molecular flexibility index (Phi) is 7.82. The average molecular weight is 445 g/mol. The van der Waals surface area contributed by atoms with Gasteiger partial charge in [-0.2, -0.15) is 0 Å². The van der Waals surface area contributed by atoms with Crippen LogP contribution in [0.15, 0.2) is 35.9 Å². The van der Waals surface area contributed by atoms with Crippen molar-refractivity contribution in [1.29, 1.82) is 0 Å². The number of aryl methyl sites for hydroxylation is 1. The molecule has 3 rings (SSSR count). The maximum atomic E-state index is 12.8. The Morgan fingerprint density at radius 3 is 2.38 bits per heavy atom. The SMILES string of the molecule is CC(C)C[C@H](NC(=O)[C@H](CO)NC(=O)/C=C1\CCc2ccccc2C1)C(=O)[C@@]1(CO)CO1. The first-order valence-electron chi connectivity index (χ1n) is 11.0. The standard InChI is InChI=1S/C24H32N2O6/c1-15(2)9-19(22(30)24(13-28)14-32-24)26-23(31)20(12-27)25-21(29)11-16-7-8-17-5-3-4-6-18(17)10-16/h3-6,11,15,19-20,27-28H,7-10,12-14H2,1-2H3,(H,25,29)(H,26,31)/b16-11+/t19-,20-,24+/m0/s1. The molecule has 1 aliphatic heterocycles. The van der Waals surface area contributed by atoms with Crippen molar-refractivity contribution < 1.29 is 29.3 Å². The molecule has 0 aromatic heterocycles. The summed E-state index contributed by atoms with van der Waals surface area (Å²) in [6.45, 7) is 2.88. The molecule has 1 aliphatic carbocycles. The van der Waals surface area contributed by atoms with Crippen molar-refractivity contribution in [3.8, 4) is 0 Å². The monoisotopic (exact) mass is 444 g/mol. The van der Waals surface area contributed by atoms with Gasteiger partial charge in [-0.05, 0) is 42.7 Å². The van der Waals surface area contributed by atoms with E-state index in [0.29, 0.717) is 12.8 Å². The predicted octanol–water partition coefficient (Wildman–Crippen LogP) is 0.440. The zero-order valence-corrected chi connectivity index (χ0v) is 18.6. The van der Waals surface area contributed by atoms with Crippen molar-refractivity contribution in [3.63, 3.8) is 0 Å². The number of nitrogens with one attached hydrogen (secondary N) is 2. The molecule has 3 atom stereocenters. The summed E-state index contributed by atoms with van der Waals surface area (Å²) in [6, 6.07) is 6.02. The first-order chi connectivity index (χ1) is 15.3. The first kappa shape index (κ1) is 24.1. The van der Waals surface area contributed by atoms with Gasteiger partial charge < -0.3 is 25.6 Å².